The van der Waals surface area contributed by atoms with E-state index in [0.29, 0.717) is 16.1 Å². The Morgan fingerprint density at radius 3 is 2.79 bits per heavy atom. The van der Waals surface area contributed by atoms with E-state index in [1.165, 1.54) is 12.5 Å². The van der Waals surface area contributed by atoms with E-state index in [2.05, 4.69) is 15.2 Å². The molecule has 0 aliphatic carbocycles. The SMILES string of the molecule is CCOC(=O)/C(c1nnc(-c2ccco2)o1)=c1/[nH]c(=O)/c(=C/c2ccco2)s1. The first-order valence-corrected chi connectivity index (χ1v) is 9.01. The number of carbonyl (C=O) groups excluding carboxylic acids is 1. The van der Waals surface area contributed by atoms with Gasteiger partial charge in [-0.3, -0.25) is 4.79 Å². The topological polar surface area (TPSA) is 124 Å². The van der Waals surface area contributed by atoms with E-state index in [-0.39, 0.29) is 34.2 Å². The van der Waals surface area contributed by atoms with Crippen LogP contribution in [-0.2, 0) is 9.53 Å². The maximum Gasteiger partial charge on any atom is 0.346 e. The van der Waals surface area contributed by atoms with Crippen LogP contribution in [0.1, 0.15) is 18.6 Å². The molecule has 4 aromatic rings. The summed E-state index contributed by atoms with van der Waals surface area (Å²) in [5.74, 6) is 0.178. The van der Waals surface area contributed by atoms with Gasteiger partial charge in [0.2, 0.25) is 0 Å². The standard InChI is InChI=1S/C18H13N3O6S/c1-2-24-18(23)13(16-21-20-15(27-16)11-6-4-8-26-11)17-19-14(22)12(28-17)9-10-5-3-7-25-10/h3-9H,2H2,1H3,(H,19,22)/b12-9-,17-13-. The maximum atomic E-state index is 12.5. The molecular weight excluding hydrogens is 386 g/mol. The fourth-order valence-electron chi connectivity index (χ4n) is 2.36. The number of nitrogens with one attached hydrogen (secondary N) is 1. The molecule has 4 heterocycles. The first kappa shape index (κ1) is 17.7. The monoisotopic (exact) mass is 399 g/mol. The summed E-state index contributed by atoms with van der Waals surface area (Å²) < 4.78 is 21.7. The van der Waals surface area contributed by atoms with Crippen LogP contribution in [0.5, 0.6) is 0 Å². The minimum atomic E-state index is -0.695. The first-order valence-electron chi connectivity index (χ1n) is 8.19. The fourth-order valence-corrected chi connectivity index (χ4v) is 3.32. The summed E-state index contributed by atoms with van der Waals surface area (Å²) in [6.45, 7) is 1.81. The van der Waals surface area contributed by atoms with Gasteiger partial charge in [-0.2, -0.15) is 0 Å². The predicted octanol–water partition coefficient (Wildman–Crippen LogP) is 1.26. The van der Waals surface area contributed by atoms with E-state index in [9.17, 15) is 9.59 Å². The zero-order chi connectivity index (χ0) is 19.5. The molecule has 9 nitrogen and oxygen atoms in total. The summed E-state index contributed by atoms with van der Waals surface area (Å²) in [5.41, 5.74) is -0.419. The van der Waals surface area contributed by atoms with Crippen LogP contribution in [0.25, 0.3) is 23.3 Å². The molecule has 0 aromatic carbocycles. The van der Waals surface area contributed by atoms with Crippen molar-refractivity contribution in [3.05, 3.63) is 68.0 Å². The summed E-state index contributed by atoms with van der Waals surface area (Å²) in [6, 6.07) is 6.73. The zero-order valence-corrected chi connectivity index (χ0v) is 15.3. The van der Waals surface area contributed by atoms with Gasteiger partial charge in [0, 0.05) is 6.08 Å². The summed E-state index contributed by atoms with van der Waals surface area (Å²) in [6.07, 6.45) is 4.53. The number of ether oxygens (including phenoxy) is 1. The van der Waals surface area contributed by atoms with Crippen molar-refractivity contribution in [2.24, 2.45) is 0 Å². The van der Waals surface area contributed by atoms with E-state index in [1.54, 1.807) is 37.3 Å². The molecule has 0 atom stereocenters. The van der Waals surface area contributed by atoms with Crippen molar-refractivity contribution in [3.63, 3.8) is 0 Å². The van der Waals surface area contributed by atoms with Crippen LogP contribution < -0.4 is 14.8 Å². The number of thiazole rings is 1. The van der Waals surface area contributed by atoms with Gasteiger partial charge in [0.05, 0.1) is 23.7 Å². The van der Waals surface area contributed by atoms with E-state index >= 15 is 0 Å². The van der Waals surface area contributed by atoms with Crippen molar-refractivity contribution in [2.45, 2.75) is 6.92 Å². The zero-order valence-electron chi connectivity index (χ0n) is 14.5. The number of nitrogens with zero attached hydrogens (tertiary/aromatic N) is 2. The minimum Gasteiger partial charge on any atom is -0.465 e. The molecule has 4 rings (SSSR count). The van der Waals surface area contributed by atoms with Gasteiger partial charge in [-0.25, -0.2) is 4.79 Å². The number of H-pyrrole nitrogens is 1. The van der Waals surface area contributed by atoms with E-state index in [0.717, 1.165) is 11.3 Å². The van der Waals surface area contributed by atoms with Gasteiger partial charge in [-0.1, -0.05) is 0 Å². The molecule has 0 bridgehead atoms. The number of hydrogen-bond acceptors (Lipinski definition) is 9. The fraction of sp³-hybridized carbons (Fsp3) is 0.111. The Morgan fingerprint density at radius 2 is 2.07 bits per heavy atom. The number of esters is 1. The lowest BCUT2D eigenvalue weighted by atomic mass is 10.3. The van der Waals surface area contributed by atoms with E-state index in [4.69, 9.17) is 18.0 Å². The quantitative estimate of drug-likeness (QED) is 0.498. The molecule has 0 unspecified atom stereocenters. The van der Waals surface area contributed by atoms with Crippen LogP contribution in [0.3, 0.4) is 0 Å². The largest absolute Gasteiger partial charge is 0.465 e. The van der Waals surface area contributed by atoms with Crippen molar-refractivity contribution in [2.75, 3.05) is 6.61 Å². The lowest BCUT2D eigenvalue weighted by Crippen LogP contribution is -2.22. The van der Waals surface area contributed by atoms with Crippen molar-refractivity contribution >= 4 is 29.0 Å². The molecule has 0 radical (unpaired) electrons. The second-order valence-corrected chi connectivity index (χ2v) is 6.45. The first-order chi connectivity index (χ1) is 13.7. The molecular formula is C18H13N3O6S. The molecule has 4 aromatic heterocycles. The molecule has 0 amide bonds. The smallest absolute Gasteiger partial charge is 0.346 e. The number of aromatic amines is 1. The molecule has 0 saturated heterocycles. The number of furan rings is 2. The lowest BCUT2D eigenvalue weighted by Gasteiger charge is -2.01. The van der Waals surface area contributed by atoms with Gasteiger partial charge in [0.1, 0.15) is 10.4 Å². The maximum absolute atomic E-state index is 12.5. The molecule has 28 heavy (non-hydrogen) atoms. The third-order valence-electron chi connectivity index (χ3n) is 3.56. The minimum absolute atomic E-state index is 0.0339. The molecule has 142 valence electrons. The Morgan fingerprint density at radius 1 is 1.25 bits per heavy atom. The third kappa shape index (κ3) is 3.45. The van der Waals surface area contributed by atoms with Gasteiger partial charge in [-0.05, 0) is 31.2 Å². The predicted molar refractivity (Wildman–Crippen MR) is 97.6 cm³/mol. The normalized spacial score (nSPS) is 13.0. The third-order valence-corrected chi connectivity index (χ3v) is 4.59. The summed E-state index contributed by atoms with van der Waals surface area (Å²) >= 11 is 1.05. The van der Waals surface area contributed by atoms with Gasteiger partial charge < -0.3 is 23.0 Å². The van der Waals surface area contributed by atoms with Gasteiger partial charge >= 0.3 is 5.97 Å². The van der Waals surface area contributed by atoms with Crippen molar-refractivity contribution in [1.29, 1.82) is 0 Å². The Kier molecular flexibility index (Phi) is 4.77. The summed E-state index contributed by atoms with van der Waals surface area (Å²) in [7, 11) is 0. The average molecular weight is 399 g/mol. The average Bonchev–Trinajstić information content (AvgIpc) is 3.44. The van der Waals surface area contributed by atoms with Crippen LogP contribution in [-0.4, -0.2) is 27.8 Å². The van der Waals surface area contributed by atoms with Crippen LogP contribution >= 0.6 is 11.3 Å². The van der Waals surface area contributed by atoms with Gasteiger partial charge in [0.15, 0.2) is 11.3 Å². The molecule has 0 saturated carbocycles. The van der Waals surface area contributed by atoms with E-state index < -0.39 is 5.97 Å². The highest BCUT2D eigenvalue weighted by Gasteiger charge is 2.24. The summed E-state index contributed by atoms with van der Waals surface area (Å²) in [5, 5.41) is 7.80. The highest BCUT2D eigenvalue weighted by Crippen LogP contribution is 2.21. The molecule has 0 spiro atoms. The Hall–Kier alpha value is -3.66. The summed E-state index contributed by atoms with van der Waals surface area (Å²) in [4.78, 5) is 27.5. The van der Waals surface area contributed by atoms with Crippen LogP contribution in [0.4, 0.5) is 0 Å². The molecule has 0 aliphatic rings. The Balaban J connectivity index is 1.88. The number of aromatic nitrogens is 3. The van der Waals surface area contributed by atoms with Crippen molar-refractivity contribution < 1.29 is 22.8 Å². The molecule has 1 N–H and O–H groups in total. The molecule has 10 heteroatoms. The second kappa shape index (κ2) is 7.53. The van der Waals surface area contributed by atoms with Crippen LogP contribution in [0, 0.1) is 0 Å². The Labute approximate surface area is 160 Å². The number of carbonyl (C=O) groups is 1. The van der Waals surface area contributed by atoms with Crippen molar-refractivity contribution in [3.8, 4) is 11.7 Å². The molecule has 0 aliphatic heterocycles. The Bertz CT molecular complexity index is 1260. The van der Waals surface area contributed by atoms with Gasteiger partial charge in [0.25, 0.3) is 17.3 Å². The van der Waals surface area contributed by atoms with E-state index in [1.807, 2.05) is 0 Å². The van der Waals surface area contributed by atoms with Crippen LogP contribution in [0.2, 0.25) is 0 Å². The number of hydrogen-bond donors (Lipinski definition) is 1. The van der Waals surface area contributed by atoms with Crippen LogP contribution in [0.15, 0.2) is 54.8 Å². The number of rotatable bonds is 5. The highest BCUT2D eigenvalue weighted by atomic mass is 32.1. The van der Waals surface area contributed by atoms with Crippen molar-refractivity contribution in [1.82, 2.24) is 15.2 Å². The lowest BCUT2D eigenvalue weighted by molar-refractivity contribution is -0.136. The second-order valence-electron chi connectivity index (χ2n) is 5.39. The highest BCUT2D eigenvalue weighted by molar-refractivity contribution is 7.07. The molecule has 0 fully saturated rings. The van der Waals surface area contributed by atoms with Gasteiger partial charge in [-0.15, -0.1) is 21.5 Å².